The quantitative estimate of drug-likeness (QED) is 0.630. The van der Waals surface area contributed by atoms with Gasteiger partial charge in [-0.25, -0.2) is 14.8 Å². The molecule has 0 radical (unpaired) electrons. The highest BCUT2D eigenvalue weighted by molar-refractivity contribution is 6.04. The number of rotatable bonds is 5. The number of hydrazone groups is 1. The van der Waals surface area contributed by atoms with Crippen LogP contribution < -0.4 is 0 Å². The lowest BCUT2D eigenvalue weighted by Gasteiger charge is -2.37. The Morgan fingerprint density at radius 2 is 2.06 bits per heavy atom. The predicted octanol–water partition coefficient (Wildman–Crippen LogP) is -0.168. The molecule has 3 aliphatic heterocycles. The number of cyclic esters (lactones) is 1. The van der Waals surface area contributed by atoms with Gasteiger partial charge in [0.2, 0.25) is 0 Å². The molecule has 1 N–H and O–H groups in total. The fourth-order valence-corrected chi connectivity index (χ4v) is 4.19. The summed E-state index contributed by atoms with van der Waals surface area (Å²) in [5.74, 6) is 0.0372. The summed E-state index contributed by atoms with van der Waals surface area (Å²) in [5, 5.41) is 27.2. The lowest BCUT2D eigenvalue weighted by molar-refractivity contribution is -0.138. The van der Waals surface area contributed by atoms with Crippen LogP contribution in [0.4, 0.5) is 0 Å². The minimum Gasteiger partial charge on any atom is -0.456 e. The molecule has 3 aliphatic rings. The van der Waals surface area contributed by atoms with Crippen LogP contribution in [0.15, 0.2) is 41.0 Å². The molecule has 2 aromatic heterocycles. The zero-order valence-electron chi connectivity index (χ0n) is 17.5. The molecule has 1 atom stereocenters. The maximum Gasteiger partial charge on any atom is 0.336 e. The van der Waals surface area contributed by atoms with Crippen molar-refractivity contribution >= 4 is 18.1 Å². The average Bonchev–Trinajstić information content (AvgIpc) is 3.53. The number of aliphatic hydroxyl groups is 1. The van der Waals surface area contributed by atoms with Crippen molar-refractivity contribution in [2.45, 2.75) is 25.9 Å². The maximum absolute atomic E-state index is 13.1. The third-order valence-corrected chi connectivity index (χ3v) is 6.29. The fourth-order valence-electron chi connectivity index (χ4n) is 4.19. The molecule has 5 rings (SSSR count). The zero-order valence-corrected chi connectivity index (χ0v) is 17.5. The number of ether oxygens (including phenoxy) is 1. The molecule has 1 amide bonds. The van der Waals surface area contributed by atoms with Crippen LogP contribution in [0.1, 0.15) is 31.4 Å². The van der Waals surface area contributed by atoms with Crippen LogP contribution in [0, 0.1) is 5.41 Å². The van der Waals surface area contributed by atoms with E-state index < -0.39 is 17.5 Å². The summed E-state index contributed by atoms with van der Waals surface area (Å²) in [6, 6.07) is 3.54. The molecule has 12 heteroatoms. The van der Waals surface area contributed by atoms with Gasteiger partial charge in [0.15, 0.2) is 5.82 Å². The second-order valence-electron chi connectivity index (χ2n) is 8.19. The lowest BCUT2D eigenvalue weighted by Crippen LogP contribution is -2.47. The Balaban J connectivity index is 1.19. The molecule has 0 unspecified atom stereocenters. The van der Waals surface area contributed by atoms with E-state index in [4.69, 9.17) is 4.74 Å². The van der Waals surface area contributed by atoms with Crippen LogP contribution in [0.25, 0.3) is 5.82 Å². The van der Waals surface area contributed by atoms with Gasteiger partial charge in [-0.2, -0.15) is 9.78 Å². The van der Waals surface area contributed by atoms with Gasteiger partial charge in [-0.15, -0.1) is 5.10 Å². The summed E-state index contributed by atoms with van der Waals surface area (Å²) in [7, 11) is 0. The Morgan fingerprint density at radius 3 is 2.69 bits per heavy atom. The average molecular weight is 438 g/mol. The van der Waals surface area contributed by atoms with E-state index in [-0.39, 0.29) is 12.5 Å². The van der Waals surface area contributed by atoms with Crippen LogP contribution in [0.5, 0.6) is 0 Å². The molecule has 32 heavy (non-hydrogen) atoms. The fraction of sp³-hybridized carbons (Fsp3) is 0.450. The highest BCUT2D eigenvalue weighted by Gasteiger charge is 2.48. The molecule has 1 saturated heterocycles. The molecule has 0 saturated carbocycles. The minimum atomic E-state index is -0.710. The number of tetrazole rings is 1. The molecule has 5 heterocycles. The van der Waals surface area contributed by atoms with E-state index in [1.807, 2.05) is 0 Å². The van der Waals surface area contributed by atoms with Crippen LogP contribution in [0.2, 0.25) is 0 Å². The number of amides is 1. The van der Waals surface area contributed by atoms with Gasteiger partial charge >= 0.3 is 5.97 Å². The third kappa shape index (κ3) is 3.46. The maximum atomic E-state index is 13.1. The van der Waals surface area contributed by atoms with Crippen molar-refractivity contribution in [1.29, 1.82) is 0 Å². The Labute approximate surface area is 183 Å². The summed E-state index contributed by atoms with van der Waals surface area (Å²) >= 11 is 0. The Kier molecular flexibility index (Phi) is 5.02. The number of esters is 1. The first kappa shape index (κ1) is 20.4. The number of nitrogens with zero attached hydrogens (tertiary/aromatic N) is 8. The number of hydrogen-bond donors (Lipinski definition) is 1. The number of hydrogen-bond acceptors (Lipinski definition) is 10. The van der Waals surface area contributed by atoms with E-state index in [2.05, 4.69) is 30.5 Å². The number of piperidine rings is 1. The van der Waals surface area contributed by atoms with Crippen molar-refractivity contribution in [2.75, 3.05) is 26.2 Å². The van der Waals surface area contributed by atoms with Crippen LogP contribution in [0.3, 0.4) is 0 Å². The Hall–Kier alpha value is -3.51. The number of aliphatic hydroxyl groups excluding tert-OH is 1. The molecular formula is C20H22N8O4. The van der Waals surface area contributed by atoms with Crippen molar-refractivity contribution in [3.63, 3.8) is 0 Å². The van der Waals surface area contributed by atoms with Gasteiger partial charge in [0.05, 0.1) is 22.8 Å². The van der Waals surface area contributed by atoms with E-state index in [0.717, 1.165) is 0 Å². The second kappa shape index (κ2) is 7.88. The normalized spacial score (nSPS) is 21.6. The predicted molar refractivity (Wildman–Crippen MR) is 109 cm³/mol. The number of carbonyl (C=O) groups excluding carboxylic acids is 2. The van der Waals surface area contributed by atoms with Gasteiger partial charge in [0.25, 0.3) is 5.91 Å². The molecule has 12 nitrogen and oxygen atoms in total. The summed E-state index contributed by atoms with van der Waals surface area (Å²) in [6.45, 7) is 3.44. The Morgan fingerprint density at radius 1 is 1.25 bits per heavy atom. The summed E-state index contributed by atoms with van der Waals surface area (Å²) in [6.07, 6.45) is 5.24. The number of β-amino-alcohol motifs (C(OH)–C–C–N with tert-alkyl or cyclic N) is 1. The van der Waals surface area contributed by atoms with Crippen molar-refractivity contribution in [1.82, 2.24) is 35.1 Å². The molecule has 1 fully saturated rings. The van der Waals surface area contributed by atoms with Gasteiger partial charge in [0, 0.05) is 24.5 Å². The first-order valence-electron chi connectivity index (χ1n) is 10.3. The van der Waals surface area contributed by atoms with Gasteiger partial charge < -0.3 is 14.7 Å². The molecule has 166 valence electrons. The van der Waals surface area contributed by atoms with Crippen molar-refractivity contribution < 1.29 is 19.4 Å². The molecule has 0 aliphatic carbocycles. The third-order valence-electron chi connectivity index (χ3n) is 6.29. The highest BCUT2D eigenvalue weighted by Crippen LogP contribution is 2.38. The monoisotopic (exact) mass is 438 g/mol. The number of likely N-dealkylation sites (tertiary alicyclic amines) is 1. The molecule has 1 spiro atoms. The molecule has 0 aromatic carbocycles. The smallest absolute Gasteiger partial charge is 0.336 e. The van der Waals surface area contributed by atoms with Gasteiger partial charge in [-0.05, 0) is 49.3 Å². The summed E-state index contributed by atoms with van der Waals surface area (Å²) < 4.78 is 6.45. The minimum absolute atomic E-state index is 0.0718. The van der Waals surface area contributed by atoms with Gasteiger partial charge in [-0.3, -0.25) is 4.79 Å². The largest absolute Gasteiger partial charge is 0.456 e. The number of pyridine rings is 1. The molecule has 0 bridgehead atoms. The van der Waals surface area contributed by atoms with Crippen LogP contribution in [-0.4, -0.2) is 84.5 Å². The summed E-state index contributed by atoms with van der Waals surface area (Å²) in [4.78, 5) is 31.2. The topological polar surface area (TPSA) is 139 Å². The van der Waals surface area contributed by atoms with E-state index in [1.165, 1.54) is 16.0 Å². The first-order chi connectivity index (χ1) is 15.5. The van der Waals surface area contributed by atoms with Crippen molar-refractivity contribution in [3.05, 3.63) is 41.5 Å². The van der Waals surface area contributed by atoms with Crippen molar-refractivity contribution in [2.24, 2.45) is 10.5 Å². The van der Waals surface area contributed by atoms with E-state index in [9.17, 15) is 14.7 Å². The van der Waals surface area contributed by atoms with E-state index >= 15 is 0 Å². The van der Waals surface area contributed by atoms with Crippen LogP contribution in [-0.2, 0) is 14.3 Å². The van der Waals surface area contributed by atoms with Crippen molar-refractivity contribution in [3.8, 4) is 5.82 Å². The Bertz CT molecular complexity index is 1090. The number of carbonyl (C=O) groups is 2. The number of aromatic nitrogens is 5. The molecule has 2 aromatic rings. The van der Waals surface area contributed by atoms with Gasteiger partial charge in [-0.1, -0.05) is 6.07 Å². The first-order valence-corrected chi connectivity index (χ1v) is 10.3. The summed E-state index contributed by atoms with van der Waals surface area (Å²) in [5.41, 5.74) is 0.964. The van der Waals surface area contributed by atoms with E-state index in [1.54, 1.807) is 31.5 Å². The SMILES string of the molecule is CC1=C(N2N=CC3(CCN(C[C@@H](O)c4ccc(-n5cnnn5)nc4)CC3)C2=O)COC1=O. The van der Waals surface area contributed by atoms with Crippen LogP contribution >= 0.6 is 0 Å². The highest BCUT2D eigenvalue weighted by atomic mass is 16.5. The van der Waals surface area contributed by atoms with Gasteiger partial charge in [0.1, 0.15) is 12.9 Å². The van der Waals surface area contributed by atoms with E-state index in [0.29, 0.717) is 55.1 Å². The second-order valence-corrected chi connectivity index (χ2v) is 8.19. The standard InChI is InChI=1S/C20H22N8O4/c1-13-15(10-32-18(13)30)28-19(31)20(11-23-28)4-6-26(7-5-20)9-16(29)14-2-3-17(21-8-14)27-12-22-24-25-27/h2-3,8,11-12,16,29H,4-7,9-10H2,1H3/t16-/m1/s1. The lowest BCUT2D eigenvalue weighted by atomic mass is 9.79. The zero-order chi connectivity index (χ0) is 22.3. The molecular weight excluding hydrogens is 416 g/mol.